The third-order valence-corrected chi connectivity index (χ3v) is 5.14. The maximum atomic E-state index is 11.1. The number of ether oxygens (including phenoxy) is 1. The highest BCUT2D eigenvalue weighted by molar-refractivity contribution is 7.15. The second kappa shape index (κ2) is 6.72. The summed E-state index contributed by atoms with van der Waals surface area (Å²) in [6.07, 6.45) is 2.60. The van der Waals surface area contributed by atoms with Crippen LogP contribution in [0, 0.1) is 0 Å². The molecule has 116 valence electrons. The maximum absolute atomic E-state index is 11.1. The van der Waals surface area contributed by atoms with Gasteiger partial charge in [-0.15, -0.1) is 11.3 Å². The summed E-state index contributed by atoms with van der Waals surface area (Å²) < 4.78 is 5.33. The summed E-state index contributed by atoms with van der Waals surface area (Å²) in [4.78, 5) is 19.2. The number of hydrogen-bond donors (Lipinski definition) is 2. The molecule has 0 bridgehead atoms. The Morgan fingerprint density at radius 3 is 3.05 bits per heavy atom. The highest BCUT2D eigenvalue weighted by atomic mass is 32.1. The van der Waals surface area contributed by atoms with E-state index < -0.39 is 11.9 Å². The number of carbonyl (C=O) groups is 1. The van der Waals surface area contributed by atoms with Gasteiger partial charge < -0.3 is 15.2 Å². The fourth-order valence-electron chi connectivity index (χ4n) is 2.87. The fourth-order valence-corrected chi connectivity index (χ4v) is 3.93. The van der Waals surface area contributed by atoms with Crippen LogP contribution in [0.5, 0.6) is 0 Å². The molecule has 0 amide bonds. The molecule has 0 saturated carbocycles. The van der Waals surface area contributed by atoms with Crippen LogP contribution < -0.4 is 5.32 Å². The summed E-state index contributed by atoms with van der Waals surface area (Å²) in [5.41, 5.74) is 0.781. The van der Waals surface area contributed by atoms with Gasteiger partial charge in [0, 0.05) is 24.5 Å². The number of morpholine rings is 1. The lowest BCUT2D eigenvalue weighted by atomic mass is 10.1. The molecule has 21 heavy (non-hydrogen) atoms. The zero-order valence-corrected chi connectivity index (χ0v) is 12.8. The molecule has 0 aromatic carbocycles. The Labute approximate surface area is 128 Å². The largest absolute Gasteiger partial charge is 0.481 e. The number of hydrogen-bond acceptors (Lipinski definition) is 6. The van der Waals surface area contributed by atoms with Crippen molar-refractivity contribution in [2.75, 3.05) is 44.7 Å². The molecule has 1 saturated heterocycles. The van der Waals surface area contributed by atoms with Gasteiger partial charge in [0.15, 0.2) is 5.13 Å². The predicted octanol–water partition coefficient (Wildman–Crippen LogP) is 1.39. The molecule has 2 N–H and O–H groups in total. The summed E-state index contributed by atoms with van der Waals surface area (Å²) in [6, 6.07) is 0. The van der Waals surface area contributed by atoms with E-state index in [1.807, 2.05) is 0 Å². The number of fused-ring (bicyclic) bond motifs is 1. The van der Waals surface area contributed by atoms with E-state index in [0.29, 0.717) is 6.42 Å². The van der Waals surface area contributed by atoms with Gasteiger partial charge in [0.25, 0.3) is 0 Å². The Morgan fingerprint density at radius 2 is 2.29 bits per heavy atom. The number of rotatable bonds is 6. The van der Waals surface area contributed by atoms with Crippen molar-refractivity contribution in [2.45, 2.75) is 25.2 Å². The Hall–Kier alpha value is -1.18. The number of aliphatic carboxylic acids is 1. The highest BCUT2D eigenvalue weighted by Crippen LogP contribution is 2.38. The van der Waals surface area contributed by atoms with E-state index in [4.69, 9.17) is 9.84 Å². The third kappa shape index (κ3) is 3.53. The lowest BCUT2D eigenvalue weighted by molar-refractivity contribution is -0.138. The number of aromatic nitrogens is 1. The van der Waals surface area contributed by atoms with Crippen LogP contribution >= 0.6 is 11.3 Å². The van der Waals surface area contributed by atoms with Crippen LogP contribution in [0.3, 0.4) is 0 Å². The first-order chi connectivity index (χ1) is 10.2. The minimum Gasteiger partial charge on any atom is -0.481 e. The minimum absolute atomic E-state index is 0.403. The summed E-state index contributed by atoms with van der Waals surface area (Å²) in [5, 5.41) is 13.4. The average Bonchev–Trinajstić information content (AvgIpc) is 3.04. The van der Waals surface area contributed by atoms with Gasteiger partial charge in [0.1, 0.15) is 5.92 Å². The molecule has 1 aliphatic heterocycles. The van der Waals surface area contributed by atoms with Crippen LogP contribution in [-0.2, 0) is 16.0 Å². The first-order valence-corrected chi connectivity index (χ1v) is 8.32. The molecule has 1 aromatic heterocycles. The van der Waals surface area contributed by atoms with Gasteiger partial charge in [0.05, 0.1) is 18.9 Å². The number of aryl methyl sites for hydroxylation is 1. The molecule has 1 unspecified atom stereocenters. The van der Waals surface area contributed by atoms with E-state index in [1.54, 1.807) is 11.3 Å². The standard InChI is InChI=1S/C14H21N3O3S/c18-13(19)10-2-3-11-12(10)16-14(21-11)15-4-1-5-17-6-8-20-9-7-17/h10H,1-9H2,(H,15,16)(H,18,19). The third-order valence-electron chi connectivity index (χ3n) is 4.05. The topological polar surface area (TPSA) is 74.7 Å². The first kappa shape index (κ1) is 14.7. The Morgan fingerprint density at radius 1 is 1.48 bits per heavy atom. The van der Waals surface area contributed by atoms with E-state index >= 15 is 0 Å². The van der Waals surface area contributed by atoms with Crippen LogP contribution in [0.1, 0.15) is 29.3 Å². The molecular weight excluding hydrogens is 290 g/mol. The number of nitrogens with one attached hydrogen (secondary N) is 1. The van der Waals surface area contributed by atoms with Gasteiger partial charge in [-0.05, 0) is 25.8 Å². The van der Waals surface area contributed by atoms with Crippen molar-refractivity contribution in [3.63, 3.8) is 0 Å². The van der Waals surface area contributed by atoms with Crippen LogP contribution in [0.25, 0.3) is 0 Å². The zero-order chi connectivity index (χ0) is 14.7. The second-order valence-electron chi connectivity index (χ2n) is 5.49. The normalized spacial score (nSPS) is 22.2. The van der Waals surface area contributed by atoms with Gasteiger partial charge in [-0.25, -0.2) is 4.98 Å². The van der Waals surface area contributed by atoms with Gasteiger partial charge in [-0.3, -0.25) is 9.69 Å². The van der Waals surface area contributed by atoms with E-state index in [-0.39, 0.29) is 0 Å². The number of nitrogens with zero attached hydrogens (tertiary/aromatic N) is 2. The molecule has 6 nitrogen and oxygen atoms in total. The molecular formula is C14H21N3O3S. The van der Waals surface area contributed by atoms with Crippen molar-refractivity contribution in [3.05, 3.63) is 10.6 Å². The van der Waals surface area contributed by atoms with Gasteiger partial charge in [-0.2, -0.15) is 0 Å². The molecule has 1 aromatic rings. The molecule has 0 radical (unpaired) electrons. The molecule has 1 atom stereocenters. The predicted molar refractivity (Wildman–Crippen MR) is 81.2 cm³/mol. The van der Waals surface area contributed by atoms with Crippen molar-refractivity contribution < 1.29 is 14.6 Å². The second-order valence-corrected chi connectivity index (χ2v) is 6.57. The van der Waals surface area contributed by atoms with Crippen molar-refractivity contribution in [1.29, 1.82) is 0 Å². The fraction of sp³-hybridized carbons (Fsp3) is 0.714. The molecule has 2 aliphatic rings. The SMILES string of the molecule is O=C(O)C1CCc2sc(NCCCN3CCOCC3)nc21. The Bertz CT molecular complexity index is 500. The van der Waals surface area contributed by atoms with Crippen molar-refractivity contribution in [1.82, 2.24) is 9.88 Å². The van der Waals surface area contributed by atoms with Crippen LogP contribution in [0.2, 0.25) is 0 Å². The van der Waals surface area contributed by atoms with E-state index in [9.17, 15) is 4.79 Å². The summed E-state index contributed by atoms with van der Waals surface area (Å²) in [7, 11) is 0. The lowest BCUT2D eigenvalue weighted by Gasteiger charge is -2.26. The summed E-state index contributed by atoms with van der Waals surface area (Å²) in [6.45, 7) is 5.66. The lowest BCUT2D eigenvalue weighted by Crippen LogP contribution is -2.37. The van der Waals surface area contributed by atoms with Gasteiger partial charge in [-0.1, -0.05) is 0 Å². The summed E-state index contributed by atoms with van der Waals surface area (Å²) in [5.74, 6) is -1.15. The van der Waals surface area contributed by atoms with Crippen molar-refractivity contribution in [3.8, 4) is 0 Å². The van der Waals surface area contributed by atoms with Crippen LogP contribution in [-0.4, -0.2) is 60.4 Å². The van der Waals surface area contributed by atoms with E-state index in [0.717, 1.165) is 67.9 Å². The average molecular weight is 311 g/mol. The summed E-state index contributed by atoms with van der Waals surface area (Å²) >= 11 is 1.61. The first-order valence-electron chi connectivity index (χ1n) is 7.50. The number of anilines is 1. The van der Waals surface area contributed by atoms with Gasteiger partial charge in [0.2, 0.25) is 0 Å². The molecule has 2 heterocycles. The number of thiazole rings is 1. The smallest absolute Gasteiger partial charge is 0.312 e. The van der Waals surface area contributed by atoms with Gasteiger partial charge >= 0.3 is 5.97 Å². The number of carboxylic acids is 1. The quantitative estimate of drug-likeness (QED) is 0.773. The Kier molecular flexibility index (Phi) is 4.72. The Balaban J connectivity index is 1.44. The minimum atomic E-state index is -0.752. The maximum Gasteiger partial charge on any atom is 0.312 e. The zero-order valence-electron chi connectivity index (χ0n) is 12.0. The highest BCUT2D eigenvalue weighted by Gasteiger charge is 2.32. The monoisotopic (exact) mass is 311 g/mol. The van der Waals surface area contributed by atoms with Crippen molar-refractivity contribution in [2.24, 2.45) is 0 Å². The molecule has 1 aliphatic carbocycles. The van der Waals surface area contributed by atoms with Crippen LogP contribution in [0.15, 0.2) is 0 Å². The van der Waals surface area contributed by atoms with Crippen LogP contribution in [0.4, 0.5) is 5.13 Å². The molecule has 1 fully saturated rings. The van der Waals surface area contributed by atoms with E-state index in [1.165, 1.54) is 0 Å². The van der Waals surface area contributed by atoms with Crippen molar-refractivity contribution >= 4 is 22.4 Å². The molecule has 3 rings (SSSR count). The number of carboxylic acid groups (broad SMARTS) is 1. The van der Waals surface area contributed by atoms with E-state index in [2.05, 4.69) is 15.2 Å². The molecule has 0 spiro atoms. The molecule has 7 heteroatoms.